The van der Waals surface area contributed by atoms with Crippen molar-refractivity contribution in [3.8, 4) is 5.75 Å². The lowest BCUT2D eigenvalue weighted by Gasteiger charge is -2.20. The van der Waals surface area contributed by atoms with Crippen LogP contribution in [0.2, 0.25) is 0 Å². The second-order valence-corrected chi connectivity index (χ2v) is 6.16. The molecule has 1 N–H and O–H groups in total. The first-order chi connectivity index (χ1) is 12.6. The number of anilines is 1. The molecular formula is C21H21FN2O2. The van der Waals surface area contributed by atoms with E-state index in [2.05, 4.69) is 5.32 Å². The molecule has 5 heteroatoms. The van der Waals surface area contributed by atoms with Crippen LogP contribution in [0.25, 0.3) is 0 Å². The van der Waals surface area contributed by atoms with Crippen LogP contribution in [0.15, 0.2) is 67.0 Å². The van der Waals surface area contributed by atoms with Crippen molar-refractivity contribution >= 4 is 11.6 Å². The van der Waals surface area contributed by atoms with E-state index in [1.54, 1.807) is 13.2 Å². The monoisotopic (exact) mass is 352 g/mol. The van der Waals surface area contributed by atoms with Crippen LogP contribution in [-0.2, 0) is 4.79 Å². The van der Waals surface area contributed by atoms with Crippen LogP contribution in [0.3, 0.4) is 0 Å². The minimum Gasteiger partial charge on any atom is -0.495 e. The highest BCUT2D eigenvalue weighted by Crippen LogP contribution is 2.27. The molecule has 1 aromatic heterocycles. The number of amides is 1. The summed E-state index contributed by atoms with van der Waals surface area (Å²) in [5, 5.41) is 2.91. The van der Waals surface area contributed by atoms with Gasteiger partial charge in [0.1, 0.15) is 11.6 Å². The van der Waals surface area contributed by atoms with Crippen molar-refractivity contribution in [3.63, 3.8) is 0 Å². The average Bonchev–Trinajstić information content (AvgIpc) is 3.14. The van der Waals surface area contributed by atoms with Crippen molar-refractivity contribution in [1.29, 1.82) is 0 Å². The molecule has 0 fully saturated rings. The SMILES string of the molecule is COc1ccc(C)cc1NC(=O)C[C@@H](c1cccc(F)c1)n1cccc1. The highest BCUT2D eigenvalue weighted by atomic mass is 19.1. The Morgan fingerprint density at radius 2 is 1.92 bits per heavy atom. The van der Waals surface area contributed by atoms with Gasteiger partial charge in [-0.2, -0.15) is 0 Å². The molecule has 3 aromatic rings. The van der Waals surface area contributed by atoms with E-state index in [1.807, 2.05) is 60.3 Å². The van der Waals surface area contributed by atoms with Gasteiger partial charge in [-0.05, 0) is 54.4 Å². The first kappa shape index (κ1) is 17.7. The molecule has 0 aliphatic rings. The summed E-state index contributed by atoms with van der Waals surface area (Å²) in [5.74, 6) is 0.115. The number of hydrogen-bond acceptors (Lipinski definition) is 2. The lowest BCUT2D eigenvalue weighted by atomic mass is 10.0. The number of carbonyl (C=O) groups is 1. The van der Waals surface area contributed by atoms with Gasteiger partial charge in [0.15, 0.2) is 0 Å². The standard InChI is InChI=1S/C21H21FN2O2/c1-15-8-9-20(26-2)18(12-15)23-21(25)14-19(24-10-3-4-11-24)16-6-5-7-17(22)13-16/h3-13,19H,14H2,1-2H3,(H,23,25)/t19-/m0/s1. The molecule has 0 bridgehead atoms. The van der Waals surface area contributed by atoms with Gasteiger partial charge in [-0.1, -0.05) is 18.2 Å². The summed E-state index contributed by atoms with van der Waals surface area (Å²) in [7, 11) is 1.57. The van der Waals surface area contributed by atoms with E-state index in [9.17, 15) is 9.18 Å². The largest absolute Gasteiger partial charge is 0.495 e. The molecule has 0 spiro atoms. The molecule has 0 unspecified atom stereocenters. The van der Waals surface area contributed by atoms with Crippen molar-refractivity contribution in [2.75, 3.05) is 12.4 Å². The zero-order chi connectivity index (χ0) is 18.5. The second-order valence-electron chi connectivity index (χ2n) is 6.16. The Kier molecular flexibility index (Phi) is 5.37. The Morgan fingerprint density at radius 3 is 2.62 bits per heavy atom. The van der Waals surface area contributed by atoms with E-state index in [4.69, 9.17) is 4.74 Å². The van der Waals surface area contributed by atoms with Gasteiger partial charge in [-0.25, -0.2) is 4.39 Å². The zero-order valence-electron chi connectivity index (χ0n) is 14.8. The molecule has 26 heavy (non-hydrogen) atoms. The maximum absolute atomic E-state index is 13.7. The highest BCUT2D eigenvalue weighted by Gasteiger charge is 2.19. The van der Waals surface area contributed by atoms with Crippen molar-refractivity contribution in [2.45, 2.75) is 19.4 Å². The maximum atomic E-state index is 13.7. The topological polar surface area (TPSA) is 43.3 Å². The first-order valence-electron chi connectivity index (χ1n) is 8.39. The molecule has 1 atom stereocenters. The van der Waals surface area contributed by atoms with Gasteiger partial charge in [0.25, 0.3) is 0 Å². The van der Waals surface area contributed by atoms with Crippen LogP contribution in [0.1, 0.15) is 23.6 Å². The molecule has 2 aromatic carbocycles. The minimum atomic E-state index is -0.319. The number of halogens is 1. The lowest BCUT2D eigenvalue weighted by Crippen LogP contribution is -2.20. The third-order valence-electron chi connectivity index (χ3n) is 4.23. The summed E-state index contributed by atoms with van der Waals surface area (Å²) in [6.45, 7) is 1.95. The summed E-state index contributed by atoms with van der Waals surface area (Å²) in [4.78, 5) is 12.7. The summed E-state index contributed by atoms with van der Waals surface area (Å²) in [6.07, 6.45) is 3.92. The van der Waals surface area contributed by atoms with E-state index >= 15 is 0 Å². The van der Waals surface area contributed by atoms with Gasteiger partial charge in [0, 0.05) is 12.4 Å². The molecule has 0 saturated carbocycles. The van der Waals surface area contributed by atoms with Gasteiger partial charge >= 0.3 is 0 Å². The van der Waals surface area contributed by atoms with Crippen LogP contribution in [0, 0.1) is 12.7 Å². The number of ether oxygens (including phenoxy) is 1. The Morgan fingerprint density at radius 1 is 1.15 bits per heavy atom. The lowest BCUT2D eigenvalue weighted by molar-refractivity contribution is -0.116. The molecular weight excluding hydrogens is 331 g/mol. The minimum absolute atomic E-state index is 0.170. The van der Waals surface area contributed by atoms with Crippen LogP contribution in [-0.4, -0.2) is 17.6 Å². The Bertz CT molecular complexity index is 891. The quantitative estimate of drug-likeness (QED) is 0.707. The van der Waals surface area contributed by atoms with Gasteiger partial charge in [0.2, 0.25) is 5.91 Å². The van der Waals surface area contributed by atoms with Gasteiger partial charge in [-0.15, -0.1) is 0 Å². The van der Waals surface area contributed by atoms with E-state index in [0.29, 0.717) is 11.4 Å². The van der Waals surface area contributed by atoms with Crippen LogP contribution in [0.4, 0.5) is 10.1 Å². The van der Waals surface area contributed by atoms with Gasteiger partial charge in [-0.3, -0.25) is 4.79 Å². The second kappa shape index (κ2) is 7.87. The summed E-state index contributed by atoms with van der Waals surface area (Å²) >= 11 is 0. The molecule has 4 nitrogen and oxygen atoms in total. The third-order valence-corrected chi connectivity index (χ3v) is 4.23. The predicted octanol–water partition coefficient (Wildman–Crippen LogP) is 4.56. The number of aryl methyl sites for hydroxylation is 1. The smallest absolute Gasteiger partial charge is 0.226 e. The number of benzene rings is 2. The molecule has 0 radical (unpaired) electrons. The van der Waals surface area contributed by atoms with Crippen molar-refractivity contribution < 1.29 is 13.9 Å². The van der Waals surface area contributed by atoms with E-state index in [-0.39, 0.29) is 24.2 Å². The number of hydrogen-bond donors (Lipinski definition) is 1. The molecule has 1 heterocycles. The normalized spacial score (nSPS) is 11.8. The number of methoxy groups -OCH3 is 1. The Hall–Kier alpha value is -3.08. The third kappa shape index (κ3) is 4.11. The molecule has 0 aliphatic carbocycles. The van der Waals surface area contributed by atoms with Crippen molar-refractivity contribution in [2.24, 2.45) is 0 Å². The fourth-order valence-corrected chi connectivity index (χ4v) is 2.96. The number of rotatable bonds is 6. The molecule has 0 aliphatic heterocycles. The summed E-state index contributed by atoms with van der Waals surface area (Å²) in [6, 6.07) is 15.4. The van der Waals surface area contributed by atoms with Gasteiger partial charge in [0.05, 0.1) is 25.3 Å². The van der Waals surface area contributed by atoms with Crippen LogP contribution >= 0.6 is 0 Å². The number of carbonyl (C=O) groups excluding carboxylic acids is 1. The highest BCUT2D eigenvalue weighted by molar-refractivity contribution is 5.92. The predicted molar refractivity (Wildman–Crippen MR) is 99.9 cm³/mol. The average molecular weight is 352 g/mol. The number of nitrogens with one attached hydrogen (secondary N) is 1. The van der Waals surface area contributed by atoms with Crippen LogP contribution in [0.5, 0.6) is 5.75 Å². The van der Waals surface area contributed by atoms with E-state index in [1.165, 1.54) is 12.1 Å². The fraction of sp³-hybridized carbons (Fsp3) is 0.190. The summed E-state index contributed by atoms with van der Waals surface area (Å²) < 4.78 is 20.9. The van der Waals surface area contributed by atoms with Crippen molar-refractivity contribution in [1.82, 2.24) is 4.57 Å². The zero-order valence-corrected chi connectivity index (χ0v) is 14.8. The summed E-state index contributed by atoms with van der Waals surface area (Å²) in [5.41, 5.74) is 2.39. The van der Waals surface area contributed by atoms with E-state index in [0.717, 1.165) is 11.1 Å². The molecule has 0 saturated heterocycles. The maximum Gasteiger partial charge on any atom is 0.226 e. The number of nitrogens with zero attached hydrogens (tertiary/aromatic N) is 1. The van der Waals surface area contributed by atoms with Crippen molar-refractivity contribution in [3.05, 3.63) is 83.9 Å². The molecule has 1 amide bonds. The molecule has 134 valence electrons. The van der Waals surface area contributed by atoms with Gasteiger partial charge < -0.3 is 14.6 Å². The number of aromatic nitrogens is 1. The van der Waals surface area contributed by atoms with Crippen LogP contribution < -0.4 is 10.1 Å². The Balaban J connectivity index is 1.83. The Labute approximate surface area is 152 Å². The fourth-order valence-electron chi connectivity index (χ4n) is 2.96. The first-order valence-corrected chi connectivity index (χ1v) is 8.39. The van der Waals surface area contributed by atoms with E-state index < -0.39 is 0 Å². The molecule has 3 rings (SSSR count).